The van der Waals surface area contributed by atoms with Crippen LogP contribution in [-0.4, -0.2) is 24.4 Å². The molecule has 0 bridgehead atoms. The molecule has 0 aliphatic heterocycles. The van der Waals surface area contributed by atoms with Gasteiger partial charge in [-0.15, -0.1) is 0 Å². The van der Waals surface area contributed by atoms with E-state index in [-0.39, 0.29) is 12.1 Å². The van der Waals surface area contributed by atoms with Gasteiger partial charge in [0, 0.05) is 24.8 Å². The zero-order valence-electron chi connectivity index (χ0n) is 11.0. The molecular formula is C13H14F3N3O. The van der Waals surface area contributed by atoms with Gasteiger partial charge in [0.1, 0.15) is 0 Å². The molecule has 2 N–H and O–H groups in total. The van der Waals surface area contributed by atoms with Gasteiger partial charge in [-0.05, 0) is 25.1 Å². The summed E-state index contributed by atoms with van der Waals surface area (Å²) in [4.78, 5) is 13.2. The van der Waals surface area contributed by atoms with Gasteiger partial charge in [-0.3, -0.25) is 4.79 Å². The molecule has 0 fully saturated rings. The number of carbonyl (C=O) groups is 1. The lowest BCUT2D eigenvalue weighted by atomic mass is 10.1. The van der Waals surface area contributed by atoms with Crippen LogP contribution in [0.1, 0.15) is 22.8 Å². The second-order valence-electron chi connectivity index (χ2n) is 4.52. The predicted molar refractivity (Wildman–Crippen MR) is 67.6 cm³/mol. The average Bonchev–Trinajstić information content (AvgIpc) is 2.36. The molecule has 0 aromatic heterocycles. The average molecular weight is 285 g/mol. The topological polar surface area (TPSA) is 70.1 Å². The molecule has 0 aliphatic carbocycles. The third-order valence-corrected chi connectivity index (χ3v) is 2.72. The first-order valence-electron chi connectivity index (χ1n) is 5.78. The summed E-state index contributed by atoms with van der Waals surface area (Å²) in [6, 6.07) is 4.97. The predicted octanol–water partition coefficient (Wildman–Crippen LogP) is 2.52. The van der Waals surface area contributed by atoms with Crippen LogP contribution in [-0.2, 0) is 6.18 Å². The van der Waals surface area contributed by atoms with Crippen LogP contribution in [0, 0.1) is 17.2 Å². The van der Waals surface area contributed by atoms with Crippen LogP contribution in [0.4, 0.5) is 18.9 Å². The van der Waals surface area contributed by atoms with Gasteiger partial charge in [0.05, 0.1) is 17.6 Å². The number of halogens is 3. The number of nitrogen functional groups attached to an aromatic ring is 1. The van der Waals surface area contributed by atoms with E-state index in [0.29, 0.717) is 0 Å². The molecule has 0 aliphatic rings. The smallest absolute Gasteiger partial charge is 0.398 e. The summed E-state index contributed by atoms with van der Waals surface area (Å²) in [5.41, 5.74) is 3.69. The van der Waals surface area contributed by atoms with Gasteiger partial charge in [0.2, 0.25) is 0 Å². The number of nitrogens with two attached hydrogens (primary N) is 1. The first-order chi connectivity index (χ1) is 9.16. The zero-order valence-corrected chi connectivity index (χ0v) is 11.0. The van der Waals surface area contributed by atoms with Gasteiger partial charge in [0.15, 0.2) is 0 Å². The molecule has 0 radical (unpaired) electrons. The minimum atomic E-state index is -4.61. The molecule has 0 saturated carbocycles. The number of carbonyl (C=O) groups excluding carboxylic acids is 1. The maximum Gasteiger partial charge on any atom is 0.418 e. The van der Waals surface area contributed by atoms with Crippen LogP contribution >= 0.6 is 0 Å². The van der Waals surface area contributed by atoms with Crippen molar-refractivity contribution >= 4 is 11.6 Å². The minimum Gasteiger partial charge on any atom is -0.398 e. The number of benzene rings is 1. The Bertz CT molecular complexity index is 549. The molecule has 108 valence electrons. The fourth-order valence-electron chi connectivity index (χ4n) is 1.69. The van der Waals surface area contributed by atoms with Crippen molar-refractivity contribution in [3.63, 3.8) is 0 Å². The highest BCUT2D eigenvalue weighted by molar-refractivity contribution is 5.94. The number of hydrogen-bond acceptors (Lipinski definition) is 3. The van der Waals surface area contributed by atoms with E-state index in [1.165, 1.54) is 18.0 Å². The van der Waals surface area contributed by atoms with Gasteiger partial charge in [-0.25, -0.2) is 0 Å². The summed E-state index contributed by atoms with van der Waals surface area (Å²) in [5.74, 6) is -0.989. The van der Waals surface area contributed by atoms with E-state index in [1.807, 2.05) is 6.07 Å². The highest BCUT2D eigenvalue weighted by atomic mass is 19.4. The van der Waals surface area contributed by atoms with E-state index < -0.39 is 29.3 Å². The molecule has 20 heavy (non-hydrogen) atoms. The van der Waals surface area contributed by atoms with Crippen LogP contribution in [0.25, 0.3) is 0 Å². The summed E-state index contributed by atoms with van der Waals surface area (Å²) in [6.07, 6.45) is -4.61. The Balaban J connectivity index is 3.04. The summed E-state index contributed by atoms with van der Waals surface area (Å²) in [5, 5.41) is 8.67. The molecule has 1 atom stereocenters. The zero-order chi connectivity index (χ0) is 15.5. The van der Waals surface area contributed by atoms with Crippen LogP contribution in [0.5, 0.6) is 0 Å². The van der Waals surface area contributed by atoms with Crippen molar-refractivity contribution in [1.82, 2.24) is 4.90 Å². The Morgan fingerprint density at radius 3 is 2.60 bits per heavy atom. The molecule has 7 heteroatoms. The normalized spacial score (nSPS) is 12.6. The van der Waals surface area contributed by atoms with Gasteiger partial charge in [-0.1, -0.05) is 0 Å². The SMILES string of the molecule is CC(C#N)CN(C)C(=O)c1ccc(N)c(C(F)(F)F)c1. The quantitative estimate of drug-likeness (QED) is 0.867. The van der Waals surface area contributed by atoms with Crippen LogP contribution in [0.15, 0.2) is 18.2 Å². The molecule has 1 rings (SSSR count). The number of amides is 1. The number of nitriles is 1. The molecule has 0 heterocycles. The van der Waals surface area contributed by atoms with Crippen molar-refractivity contribution in [3.05, 3.63) is 29.3 Å². The lowest BCUT2D eigenvalue weighted by molar-refractivity contribution is -0.136. The molecule has 0 saturated heterocycles. The second kappa shape index (κ2) is 5.82. The molecule has 1 unspecified atom stereocenters. The number of nitrogens with zero attached hydrogens (tertiary/aromatic N) is 2. The molecule has 1 aromatic carbocycles. The van der Waals surface area contributed by atoms with Crippen LogP contribution in [0.2, 0.25) is 0 Å². The first kappa shape index (κ1) is 15.8. The van der Waals surface area contributed by atoms with Crippen LogP contribution in [0.3, 0.4) is 0 Å². The van der Waals surface area contributed by atoms with E-state index in [9.17, 15) is 18.0 Å². The summed E-state index contributed by atoms with van der Waals surface area (Å²) in [6.45, 7) is 1.76. The largest absolute Gasteiger partial charge is 0.418 e. The van der Waals surface area contributed by atoms with Gasteiger partial charge < -0.3 is 10.6 Å². The van der Waals surface area contributed by atoms with Crippen molar-refractivity contribution in [2.45, 2.75) is 13.1 Å². The van der Waals surface area contributed by atoms with Crippen molar-refractivity contribution in [2.75, 3.05) is 19.3 Å². The highest BCUT2D eigenvalue weighted by Crippen LogP contribution is 2.34. The Kier molecular flexibility index (Phi) is 4.61. The van der Waals surface area contributed by atoms with Gasteiger partial charge in [-0.2, -0.15) is 18.4 Å². The third kappa shape index (κ3) is 3.63. The lowest BCUT2D eigenvalue weighted by Gasteiger charge is -2.19. The highest BCUT2D eigenvalue weighted by Gasteiger charge is 2.33. The summed E-state index contributed by atoms with van der Waals surface area (Å²) >= 11 is 0. The standard InChI is InChI=1S/C13H14F3N3O/c1-8(6-17)7-19(2)12(20)9-3-4-11(18)10(5-9)13(14,15)16/h3-5,8H,7,18H2,1-2H3. The number of alkyl halides is 3. The Hall–Kier alpha value is -2.23. The summed E-state index contributed by atoms with van der Waals surface area (Å²) < 4.78 is 38.1. The molecule has 1 amide bonds. The van der Waals surface area contributed by atoms with Crippen molar-refractivity contribution in [3.8, 4) is 6.07 Å². The first-order valence-corrected chi connectivity index (χ1v) is 5.78. The molecule has 4 nitrogen and oxygen atoms in total. The fraction of sp³-hybridized carbons (Fsp3) is 0.385. The minimum absolute atomic E-state index is 0.112. The third-order valence-electron chi connectivity index (χ3n) is 2.72. The number of hydrogen-bond donors (Lipinski definition) is 1. The van der Waals surface area contributed by atoms with E-state index in [4.69, 9.17) is 11.0 Å². The number of rotatable bonds is 3. The van der Waals surface area contributed by atoms with Crippen molar-refractivity contribution < 1.29 is 18.0 Å². The molecular weight excluding hydrogens is 271 g/mol. The molecule has 0 spiro atoms. The maximum absolute atomic E-state index is 12.7. The van der Waals surface area contributed by atoms with Gasteiger partial charge in [0.25, 0.3) is 5.91 Å². The van der Waals surface area contributed by atoms with Crippen molar-refractivity contribution in [1.29, 1.82) is 5.26 Å². The van der Waals surface area contributed by atoms with E-state index in [2.05, 4.69) is 0 Å². The van der Waals surface area contributed by atoms with Crippen LogP contribution < -0.4 is 5.73 Å². The fourth-order valence-corrected chi connectivity index (χ4v) is 1.69. The Morgan fingerprint density at radius 2 is 2.10 bits per heavy atom. The van der Waals surface area contributed by atoms with E-state index in [1.54, 1.807) is 6.92 Å². The lowest BCUT2D eigenvalue weighted by Crippen LogP contribution is -2.31. The molecule has 1 aromatic rings. The summed E-state index contributed by atoms with van der Waals surface area (Å²) in [7, 11) is 1.43. The Labute approximate surface area is 114 Å². The second-order valence-corrected chi connectivity index (χ2v) is 4.52. The maximum atomic E-state index is 12.7. The van der Waals surface area contributed by atoms with Crippen molar-refractivity contribution in [2.24, 2.45) is 5.92 Å². The monoisotopic (exact) mass is 285 g/mol. The van der Waals surface area contributed by atoms with Gasteiger partial charge >= 0.3 is 6.18 Å². The van der Waals surface area contributed by atoms with E-state index in [0.717, 1.165) is 12.1 Å². The number of anilines is 1. The van der Waals surface area contributed by atoms with E-state index >= 15 is 0 Å². The Morgan fingerprint density at radius 1 is 1.50 bits per heavy atom.